The lowest BCUT2D eigenvalue weighted by atomic mass is 9.87. The molecule has 0 unspecified atom stereocenters. The van der Waals surface area contributed by atoms with Gasteiger partial charge in [-0.3, -0.25) is 60.5 Å². The zero-order valence-electron chi connectivity index (χ0n) is 60.9. The van der Waals surface area contributed by atoms with Gasteiger partial charge < -0.3 is 71.4 Å². The fourth-order valence-electron chi connectivity index (χ4n) is 11.4. The summed E-state index contributed by atoms with van der Waals surface area (Å²) in [6.45, 7) is 32.4. The summed E-state index contributed by atoms with van der Waals surface area (Å²) in [5, 5.41) is 48.2. The Kier molecular flexibility index (Phi) is 42.0. The Balaban J connectivity index is 0.000000654. The van der Waals surface area contributed by atoms with E-state index in [0.717, 1.165) is 51.4 Å². The highest BCUT2D eigenvalue weighted by Crippen LogP contribution is 2.31. The molecule has 4 amide bonds. The van der Waals surface area contributed by atoms with Gasteiger partial charge in [-0.1, -0.05) is 55.4 Å². The molecule has 0 aliphatic heterocycles. The topological polar surface area (TPSA) is 447 Å². The van der Waals surface area contributed by atoms with E-state index in [1.54, 1.807) is 65.8 Å². The first-order valence-electron chi connectivity index (χ1n) is 34.1. The number of hydrogen-bond donors (Lipinski definition) is 12. The van der Waals surface area contributed by atoms with Crippen LogP contribution in [0, 0.1) is 0 Å². The van der Waals surface area contributed by atoms with Gasteiger partial charge in [-0.2, -0.15) is 0 Å². The van der Waals surface area contributed by atoms with Crippen LogP contribution in [0.15, 0.2) is 66.6 Å². The zero-order valence-corrected chi connectivity index (χ0v) is 60.9. The van der Waals surface area contributed by atoms with Crippen LogP contribution < -0.4 is 43.7 Å². The number of aliphatic carboxylic acids is 2. The number of esters is 2. The van der Waals surface area contributed by atoms with Crippen LogP contribution in [0.5, 0.6) is 0 Å². The predicted octanol–water partition coefficient (Wildman–Crippen LogP) is 5.90. The molecule has 556 valence electrons. The molecular formula is C68H116N12O18. The minimum Gasteiger partial charge on any atom is -0.478 e. The molecule has 0 aromatic carbocycles. The van der Waals surface area contributed by atoms with Crippen molar-refractivity contribution in [2.24, 2.45) is 31.4 Å². The van der Waals surface area contributed by atoms with Crippen molar-refractivity contribution in [3.05, 3.63) is 46.6 Å². The number of rotatable bonds is 30. The van der Waals surface area contributed by atoms with Crippen LogP contribution in [-0.4, -0.2) is 202 Å². The third kappa shape index (κ3) is 31.5. The number of nitrogens with one attached hydrogen (secondary N) is 6. The molecule has 4 aliphatic rings. The number of carboxylic acids is 2. The number of nitrogens with two attached hydrogens (primary N) is 2. The van der Waals surface area contributed by atoms with Gasteiger partial charge in [-0.05, 0) is 117 Å². The van der Waals surface area contributed by atoms with E-state index in [0.29, 0.717) is 35.8 Å². The normalized spacial score (nSPS) is 24.2. The molecule has 4 aliphatic carbocycles. The summed E-state index contributed by atoms with van der Waals surface area (Å²) in [6.07, 6.45) is 11.9. The van der Waals surface area contributed by atoms with Crippen molar-refractivity contribution in [1.82, 2.24) is 32.2 Å². The third-order valence-corrected chi connectivity index (χ3v) is 16.2. The number of ether oxygens (including phenoxy) is 6. The molecule has 0 fully saturated rings. The van der Waals surface area contributed by atoms with Crippen LogP contribution in [-0.2, 0) is 66.8 Å². The molecule has 30 heteroatoms. The Hall–Kier alpha value is -7.64. The highest BCUT2D eigenvalue weighted by molar-refractivity contribution is 5.91. The van der Waals surface area contributed by atoms with Gasteiger partial charge in [-0.15, -0.1) is 0 Å². The van der Waals surface area contributed by atoms with Crippen LogP contribution in [0.1, 0.15) is 202 Å². The Morgan fingerprint density at radius 2 is 0.612 bits per heavy atom. The monoisotopic (exact) mass is 1390 g/mol. The maximum absolute atomic E-state index is 12.3. The predicted molar refractivity (Wildman–Crippen MR) is 373 cm³/mol. The number of nitrogens with zero attached hydrogens (tertiary/aromatic N) is 4. The minimum atomic E-state index is -1.04. The van der Waals surface area contributed by atoms with Crippen molar-refractivity contribution in [1.29, 1.82) is 0 Å². The van der Waals surface area contributed by atoms with Crippen molar-refractivity contribution in [2.75, 3.05) is 13.2 Å². The fourth-order valence-corrected chi connectivity index (χ4v) is 11.4. The quantitative estimate of drug-likeness (QED) is 0.0172. The Bertz CT molecular complexity index is 2820. The van der Waals surface area contributed by atoms with Crippen molar-refractivity contribution in [3.8, 4) is 0 Å². The molecule has 0 saturated heterocycles. The number of carbonyl (C=O) groups is 8. The lowest BCUT2D eigenvalue weighted by Crippen LogP contribution is -2.53. The average Bonchev–Trinajstić information content (AvgIpc) is 0.835. The van der Waals surface area contributed by atoms with Gasteiger partial charge in [0, 0.05) is 75.7 Å². The van der Waals surface area contributed by atoms with E-state index >= 15 is 0 Å². The summed E-state index contributed by atoms with van der Waals surface area (Å²) >= 11 is 0. The molecule has 0 heterocycles. The van der Waals surface area contributed by atoms with E-state index < -0.39 is 78.6 Å². The van der Waals surface area contributed by atoms with Crippen LogP contribution in [0.4, 0.5) is 0 Å². The smallest absolute Gasteiger partial charge is 0.333 e. The number of hydrogen-bond acceptors (Lipinski definition) is 20. The number of carbonyl (C=O) groups excluding carboxylic acids is 6. The van der Waals surface area contributed by atoms with E-state index in [4.69, 9.17) is 50.3 Å². The molecular weight excluding hydrogens is 1270 g/mol. The average molecular weight is 1390 g/mol. The Morgan fingerprint density at radius 3 is 0.796 bits per heavy atom. The SMILES string of the molecule is CCC(CC)O[C@@H]1C=C(C(=O)O)C[C@H](N=C(C)N)[C@H]1NC(C)=O.CCC(CC)O[C@@H]1C=C(C(=O)O)C[C@H](N=C(C)NO)[C@H]1NC(C)=O.CCOC(=O)C1=C[C@@H](OC(CC)CC)[C@H](NC(C)=O)[C@@H](N=C(C)N)C1.CCOC(=O)C1=C[C@@H](OC(CC)CC)[C@H](NC(C)=O)[C@@H](N=C(C)NO)C1. The number of amides is 4. The minimum absolute atomic E-state index is 0.00394. The summed E-state index contributed by atoms with van der Waals surface area (Å²) in [7, 11) is 0. The van der Waals surface area contributed by atoms with Gasteiger partial charge in [-0.25, -0.2) is 19.2 Å². The standard InChI is InChI=1S/C18H31N3O5.C18H31N3O4.C16H27N3O5.C16H27N3O4/c1-6-14(7-2)26-16-10-13(18(23)25-8-3)9-15(19-11(4)21-24)17(16)20-12(5)22;1-6-14(7-2)25-16-10-13(18(23)24-8-3)9-15(20-11(4)19)17(16)21-12(5)22;1-5-12(6-2)24-14-8-11(16(21)22)7-13(17-9(3)19-23)15(14)18-10(4)20;1-5-12(6-2)23-14-8-11(16(21)22)7-13(18-9(3)17)15(14)19-10(4)20/h10,14-17,24H,6-9H2,1-5H3,(H,19,21)(H,20,22);10,14-17H,6-9H2,1-5H3,(H2,19,20)(H,21,22);8,12-15,23H,5-7H2,1-4H3,(H,17,19)(H,18,20)(H,21,22);8,12-15H,5-7H2,1-4H3,(H2,17,18)(H,19,20)(H,21,22)/t2*15-,16+,17+;2*13-,14+,15+/m0000/s1. The fraction of sp³-hybridized carbons (Fsp3) is 0.706. The first kappa shape index (κ1) is 88.4. The van der Waals surface area contributed by atoms with Gasteiger partial charge in [0.25, 0.3) is 0 Å². The Morgan fingerprint density at radius 1 is 0.398 bits per heavy atom. The molecule has 0 saturated carbocycles. The van der Waals surface area contributed by atoms with Gasteiger partial charge in [0.2, 0.25) is 23.6 Å². The van der Waals surface area contributed by atoms with E-state index in [9.17, 15) is 48.6 Å². The highest BCUT2D eigenvalue weighted by Gasteiger charge is 2.42. The summed E-state index contributed by atoms with van der Waals surface area (Å²) in [6, 6.07) is -3.63. The highest BCUT2D eigenvalue weighted by atomic mass is 16.5. The van der Waals surface area contributed by atoms with E-state index in [2.05, 4.69) is 41.2 Å². The second kappa shape index (κ2) is 46.6. The van der Waals surface area contributed by atoms with Crippen molar-refractivity contribution in [2.45, 2.75) is 299 Å². The summed E-state index contributed by atoms with van der Waals surface area (Å²) in [5.74, 6) is -2.41. The first-order valence-corrected chi connectivity index (χ1v) is 34.1. The first-order chi connectivity index (χ1) is 46.3. The summed E-state index contributed by atoms with van der Waals surface area (Å²) in [4.78, 5) is 111. The molecule has 12 atom stereocenters. The molecule has 98 heavy (non-hydrogen) atoms. The largest absolute Gasteiger partial charge is 0.478 e. The van der Waals surface area contributed by atoms with Crippen LogP contribution in [0.25, 0.3) is 0 Å². The molecule has 0 spiro atoms. The number of aliphatic imine (C=N–C) groups is 4. The van der Waals surface area contributed by atoms with Gasteiger partial charge in [0.1, 0.15) is 11.7 Å². The van der Waals surface area contributed by atoms with E-state index in [-0.39, 0.29) is 115 Å². The second-order valence-electron chi connectivity index (χ2n) is 24.2. The van der Waals surface area contributed by atoms with Gasteiger partial charge in [0.15, 0.2) is 0 Å². The molecule has 30 nitrogen and oxygen atoms in total. The molecule has 0 aromatic heterocycles. The summed E-state index contributed by atoms with van der Waals surface area (Å²) < 4.78 is 34.6. The molecule has 4 rings (SSSR count). The maximum Gasteiger partial charge on any atom is 0.333 e. The third-order valence-electron chi connectivity index (χ3n) is 16.2. The van der Waals surface area contributed by atoms with Crippen molar-refractivity contribution < 1.29 is 87.4 Å². The molecule has 0 radical (unpaired) electrons. The lowest BCUT2D eigenvalue weighted by molar-refractivity contribution is -0.140. The number of amidine groups is 4. The Labute approximate surface area is 578 Å². The van der Waals surface area contributed by atoms with Crippen molar-refractivity contribution in [3.63, 3.8) is 0 Å². The number of carboxylic acid groups (broad SMARTS) is 2. The van der Waals surface area contributed by atoms with Crippen LogP contribution in [0.2, 0.25) is 0 Å². The van der Waals surface area contributed by atoms with Gasteiger partial charge in [0.05, 0.1) is 122 Å². The van der Waals surface area contributed by atoms with Crippen LogP contribution >= 0.6 is 0 Å². The maximum atomic E-state index is 12.3. The number of hydroxylamine groups is 2. The van der Waals surface area contributed by atoms with E-state index in [1.807, 2.05) is 66.4 Å². The second-order valence-corrected chi connectivity index (χ2v) is 24.2. The van der Waals surface area contributed by atoms with E-state index in [1.165, 1.54) is 27.7 Å². The van der Waals surface area contributed by atoms with Crippen molar-refractivity contribution >= 4 is 70.8 Å². The molecule has 0 aromatic rings. The lowest BCUT2D eigenvalue weighted by Gasteiger charge is -2.36. The van der Waals surface area contributed by atoms with Crippen LogP contribution in [0.3, 0.4) is 0 Å². The zero-order chi connectivity index (χ0) is 74.5. The van der Waals surface area contributed by atoms with Gasteiger partial charge >= 0.3 is 23.9 Å². The molecule has 0 bridgehead atoms. The molecule has 14 N–H and O–H groups in total. The summed E-state index contributed by atoms with van der Waals surface area (Å²) in [5.41, 5.74) is 16.7.